The average molecular weight is 267 g/mol. The highest BCUT2D eigenvalue weighted by molar-refractivity contribution is 7.80. The molecule has 0 atom stereocenters. The first-order chi connectivity index (χ1) is 8.72. The number of methoxy groups -OCH3 is 1. The molecule has 0 aliphatic heterocycles. The summed E-state index contributed by atoms with van der Waals surface area (Å²) in [5, 5.41) is 6.18. The monoisotopic (exact) mass is 267 g/mol. The van der Waals surface area contributed by atoms with Crippen LogP contribution in [0.3, 0.4) is 0 Å². The molecule has 1 heterocycles. The molecule has 0 bridgehead atoms. The number of aromatic nitrogens is 1. The summed E-state index contributed by atoms with van der Waals surface area (Å²) in [5.41, 5.74) is 6.52. The molecule has 0 aromatic carbocycles. The van der Waals surface area contributed by atoms with E-state index < -0.39 is 0 Å². The predicted octanol–water partition coefficient (Wildman–Crippen LogP) is 0.00680. The number of pyridine rings is 1. The van der Waals surface area contributed by atoms with Gasteiger partial charge in [0.25, 0.3) is 0 Å². The van der Waals surface area contributed by atoms with E-state index in [1.54, 1.807) is 13.3 Å². The summed E-state index contributed by atoms with van der Waals surface area (Å²) in [6, 6.07) is 5.69. The number of nitrogens with zero attached hydrogens (tertiary/aromatic N) is 2. The Kier molecular flexibility index (Phi) is 6.67. The maximum Gasteiger partial charge on any atom is 0.194 e. The summed E-state index contributed by atoms with van der Waals surface area (Å²) in [4.78, 5) is 8.19. The van der Waals surface area contributed by atoms with Crippen molar-refractivity contribution >= 4 is 23.3 Å². The summed E-state index contributed by atoms with van der Waals surface area (Å²) in [7, 11) is 1.61. The molecule has 98 valence electrons. The van der Waals surface area contributed by atoms with Gasteiger partial charge in [0, 0.05) is 13.3 Å². The highest BCUT2D eigenvalue weighted by Crippen LogP contribution is 1.91. The summed E-state index contributed by atoms with van der Waals surface area (Å²) in [6.07, 6.45) is 1.73. The lowest BCUT2D eigenvalue weighted by atomic mass is 10.3. The average Bonchev–Trinajstić information content (AvgIpc) is 2.38. The van der Waals surface area contributed by atoms with Gasteiger partial charge in [-0.15, -0.1) is 0 Å². The van der Waals surface area contributed by atoms with E-state index in [4.69, 9.17) is 22.7 Å². The Morgan fingerprint density at radius 2 is 2.39 bits per heavy atom. The second-order valence-electron chi connectivity index (χ2n) is 3.39. The van der Waals surface area contributed by atoms with Gasteiger partial charge in [-0.25, -0.2) is 0 Å². The third-order valence-corrected chi connectivity index (χ3v) is 2.22. The molecule has 18 heavy (non-hydrogen) atoms. The van der Waals surface area contributed by atoms with Crippen molar-refractivity contribution < 1.29 is 4.74 Å². The van der Waals surface area contributed by atoms with E-state index in [1.165, 1.54) is 0 Å². The first-order valence-electron chi connectivity index (χ1n) is 5.46. The third kappa shape index (κ3) is 6.12. The Morgan fingerprint density at radius 1 is 1.56 bits per heavy atom. The third-order valence-electron chi connectivity index (χ3n) is 1.98. The lowest BCUT2D eigenvalue weighted by Crippen LogP contribution is -2.43. The fourth-order valence-electron chi connectivity index (χ4n) is 1.13. The van der Waals surface area contributed by atoms with Gasteiger partial charge in [0.15, 0.2) is 11.1 Å². The standard InChI is InChI=1S/C11H17N5OS/c1-17-7-6-14-10(12)16-11(18)15-8-9-4-2-3-5-13-9/h2-5H,6-8H2,1H3,(H4,12,14,15,16,18). The fraction of sp³-hybridized carbons (Fsp3) is 0.364. The minimum atomic E-state index is 0.269. The van der Waals surface area contributed by atoms with Crippen LogP contribution in [0.2, 0.25) is 0 Å². The number of rotatable bonds is 5. The predicted molar refractivity (Wildman–Crippen MR) is 75.2 cm³/mol. The highest BCUT2D eigenvalue weighted by atomic mass is 32.1. The molecule has 0 aliphatic rings. The van der Waals surface area contributed by atoms with Gasteiger partial charge in [-0.05, 0) is 24.4 Å². The molecule has 1 aromatic heterocycles. The topological polar surface area (TPSA) is 84.6 Å². The van der Waals surface area contributed by atoms with Crippen LogP contribution in [-0.4, -0.2) is 36.3 Å². The maximum atomic E-state index is 5.62. The first kappa shape index (κ1) is 14.3. The zero-order chi connectivity index (χ0) is 13.2. The van der Waals surface area contributed by atoms with Crippen molar-refractivity contribution in [2.75, 3.05) is 20.3 Å². The number of hydrogen-bond acceptors (Lipinski definition) is 4. The minimum Gasteiger partial charge on any atom is -0.383 e. The zero-order valence-corrected chi connectivity index (χ0v) is 11.0. The number of nitrogens with two attached hydrogens (primary N) is 1. The second kappa shape index (κ2) is 8.37. The first-order valence-corrected chi connectivity index (χ1v) is 5.87. The molecule has 0 aliphatic carbocycles. The van der Waals surface area contributed by atoms with Gasteiger partial charge in [-0.2, -0.15) is 0 Å². The van der Waals surface area contributed by atoms with Gasteiger partial charge in [-0.3, -0.25) is 9.98 Å². The quantitative estimate of drug-likeness (QED) is 0.301. The maximum absolute atomic E-state index is 5.62. The molecule has 7 heteroatoms. The lowest BCUT2D eigenvalue weighted by molar-refractivity contribution is 0.208. The molecule has 0 fully saturated rings. The molecule has 6 nitrogen and oxygen atoms in total. The Morgan fingerprint density at radius 3 is 3.06 bits per heavy atom. The van der Waals surface area contributed by atoms with Gasteiger partial charge >= 0.3 is 0 Å². The van der Waals surface area contributed by atoms with E-state index in [1.807, 2.05) is 18.2 Å². The van der Waals surface area contributed by atoms with Crippen molar-refractivity contribution in [1.82, 2.24) is 15.6 Å². The van der Waals surface area contributed by atoms with Gasteiger partial charge in [0.05, 0.1) is 25.4 Å². The fourth-order valence-corrected chi connectivity index (χ4v) is 1.31. The Balaban J connectivity index is 2.27. The second-order valence-corrected chi connectivity index (χ2v) is 3.80. The van der Waals surface area contributed by atoms with Gasteiger partial charge in [0.1, 0.15) is 0 Å². The van der Waals surface area contributed by atoms with Crippen LogP contribution in [0.5, 0.6) is 0 Å². The van der Waals surface area contributed by atoms with Crippen LogP contribution in [0.4, 0.5) is 0 Å². The molecule has 0 radical (unpaired) electrons. The highest BCUT2D eigenvalue weighted by Gasteiger charge is 1.98. The molecule has 1 aromatic rings. The number of thiocarbonyl (C=S) groups is 1. The van der Waals surface area contributed by atoms with Crippen molar-refractivity contribution in [3.8, 4) is 0 Å². The van der Waals surface area contributed by atoms with E-state index in [9.17, 15) is 0 Å². The number of guanidine groups is 1. The van der Waals surface area contributed by atoms with Crippen molar-refractivity contribution in [2.45, 2.75) is 6.54 Å². The lowest BCUT2D eigenvalue weighted by Gasteiger charge is -2.09. The van der Waals surface area contributed by atoms with Crippen molar-refractivity contribution in [3.63, 3.8) is 0 Å². The smallest absolute Gasteiger partial charge is 0.194 e. The van der Waals surface area contributed by atoms with Crippen molar-refractivity contribution in [1.29, 1.82) is 0 Å². The van der Waals surface area contributed by atoms with Crippen LogP contribution in [0.1, 0.15) is 5.69 Å². The molecule has 0 amide bonds. The molecule has 0 unspecified atom stereocenters. The molecule has 0 saturated carbocycles. The zero-order valence-electron chi connectivity index (χ0n) is 10.2. The van der Waals surface area contributed by atoms with Crippen LogP contribution in [-0.2, 0) is 11.3 Å². The number of ether oxygens (including phenoxy) is 1. The summed E-state index contributed by atoms with van der Waals surface area (Å²) >= 11 is 5.07. The number of aliphatic imine (C=N–C) groups is 1. The largest absolute Gasteiger partial charge is 0.383 e. The molecule has 0 spiro atoms. The van der Waals surface area contributed by atoms with Crippen LogP contribution in [0.15, 0.2) is 29.4 Å². The van der Waals surface area contributed by atoms with Crippen LogP contribution in [0.25, 0.3) is 0 Å². The van der Waals surface area contributed by atoms with Crippen molar-refractivity contribution in [3.05, 3.63) is 30.1 Å². The number of nitrogens with one attached hydrogen (secondary N) is 2. The minimum absolute atomic E-state index is 0.269. The number of hydrogen-bond donors (Lipinski definition) is 3. The Bertz CT molecular complexity index is 396. The van der Waals surface area contributed by atoms with Gasteiger partial charge in [0.2, 0.25) is 0 Å². The summed E-state index contributed by atoms with van der Waals surface area (Å²) in [6.45, 7) is 1.56. The van der Waals surface area contributed by atoms with E-state index in [0.717, 1.165) is 5.69 Å². The Hall–Kier alpha value is -1.73. The molecule has 1 rings (SSSR count). The van der Waals surface area contributed by atoms with Crippen LogP contribution < -0.4 is 16.4 Å². The SMILES string of the molecule is COCCN=C(N)NC(=S)NCc1ccccn1. The van der Waals surface area contributed by atoms with Crippen LogP contribution >= 0.6 is 12.2 Å². The van der Waals surface area contributed by atoms with E-state index in [-0.39, 0.29) is 5.96 Å². The Labute approximate surface area is 112 Å². The van der Waals surface area contributed by atoms with E-state index >= 15 is 0 Å². The molecule has 4 N–H and O–H groups in total. The van der Waals surface area contributed by atoms with E-state index in [0.29, 0.717) is 24.8 Å². The molecular formula is C11H17N5OS. The molecular weight excluding hydrogens is 250 g/mol. The molecule has 0 saturated heterocycles. The van der Waals surface area contributed by atoms with Gasteiger partial charge < -0.3 is 21.1 Å². The van der Waals surface area contributed by atoms with Crippen molar-refractivity contribution in [2.24, 2.45) is 10.7 Å². The van der Waals surface area contributed by atoms with Gasteiger partial charge in [-0.1, -0.05) is 6.07 Å². The normalized spacial score (nSPS) is 11.1. The van der Waals surface area contributed by atoms with E-state index in [2.05, 4.69) is 20.6 Å². The summed E-state index contributed by atoms with van der Waals surface area (Å²) in [5.74, 6) is 0.269. The summed E-state index contributed by atoms with van der Waals surface area (Å²) < 4.78 is 4.86. The van der Waals surface area contributed by atoms with Crippen LogP contribution in [0, 0.1) is 0 Å².